The second-order valence-electron chi connectivity index (χ2n) is 20.1. The number of rotatable bonds is 8. The highest BCUT2D eigenvalue weighted by Crippen LogP contribution is 2.57. The summed E-state index contributed by atoms with van der Waals surface area (Å²) in [5.74, 6) is 0.949. The second kappa shape index (κ2) is 20.3. The van der Waals surface area contributed by atoms with Crippen molar-refractivity contribution in [3.63, 3.8) is 0 Å². The Kier molecular flexibility index (Phi) is 14.2. The van der Waals surface area contributed by atoms with Crippen LogP contribution in [-0.4, -0.2) is 134 Å². The minimum atomic E-state index is -1.11. The van der Waals surface area contributed by atoms with Crippen molar-refractivity contribution in [3.05, 3.63) is 147 Å². The van der Waals surface area contributed by atoms with Gasteiger partial charge in [0.15, 0.2) is 0 Å². The predicted molar refractivity (Wildman–Crippen MR) is 274 cm³/mol. The Labute approximate surface area is 427 Å². The van der Waals surface area contributed by atoms with Crippen molar-refractivity contribution in [1.82, 2.24) is 9.80 Å². The van der Waals surface area contributed by atoms with Gasteiger partial charge in [-0.15, -0.1) is 0 Å². The van der Waals surface area contributed by atoms with Crippen LogP contribution < -0.4 is 19.3 Å². The lowest BCUT2D eigenvalue weighted by molar-refractivity contribution is -0.385. The number of nitro benzene ring substituents is 4. The quantitative estimate of drug-likeness (QED) is 0.121. The summed E-state index contributed by atoms with van der Waals surface area (Å²) in [7, 11) is 3.74. The highest BCUT2D eigenvalue weighted by Gasteiger charge is 2.60. The molecule has 0 amide bonds. The standard InChI is InChI=1S/C52H60N8O14/c1-49(2)43-31-39(57(61)62)7-9-45(43)53(5)51(49)13-11-35-27-41(59(65)66)29-37(47(35)73-51)33-55-15-19-69-23-25-71-21-17-56(18-22-72-26-24-70-20-16-55)34-38-30-42(60(67)68)28-36-12-14-52(74-48(36)38)50(3,4)44-32-40(58(63)64)8-10-46(44)54(52)6/h7-14,27-32H,15-26,33-34H2,1-6H3. The van der Waals surface area contributed by atoms with E-state index in [1.54, 1.807) is 24.3 Å². The number of hydrogen-bond donors (Lipinski definition) is 0. The molecule has 5 aliphatic heterocycles. The van der Waals surface area contributed by atoms with E-state index >= 15 is 0 Å². The molecule has 5 aliphatic rings. The fourth-order valence-electron chi connectivity index (χ4n) is 11.0. The Balaban J connectivity index is 0.869. The summed E-state index contributed by atoms with van der Waals surface area (Å²) in [5.41, 5.74) is 1.28. The molecule has 2 spiro atoms. The van der Waals surface area contributed by atoms with Gasteiger partial charge in [0.25, 0.3) is 22.7 Å². The van der Waals surface area contributed by atoms with Crippen molar-refractivity contribution < 1.29 is 48.1 Å². The van der Waals surface area contributed by atoms with Gasteiger partial charge < -0.3 is 38.2 Å². The number of ether oxygens (including phenoxy) is 6. The van der Waals surface area contributed by atoms with E-state index in [-0.39, 0.29) is 62.3 Å². The van der Waals surface area contributed by atoms with E-state index in [1.807, 2.05) is 75.9 Å². The van der Waals surface area contributed by atoms with E-state index in [0.29, 0.717) is 86.4 Å². The Bertz CT molecular complexity index is 2730. The van der Waals surface area contributed by atoms with E-state index in [4.69, 9.17) is 28.4 Å². The number of nitro groups is 4. The third-order valence-electron chi connectivity index (χ3n) is 15.3. The Morgan fingerprint density at radius 2 is 0.811 bits per heavy atom. The summed E-state index contributed by atoms with van der Waals surface area (Å²) in [6, 6.07) is 15.6. The molecule has 392 valence electrons. The monoisotopic (exact) mass is 1020 g/mol. The average molecular weight is 1020 g/mol. The number of fused-ring (bicyclic) bond motifs is 4. The molecular formula is C52H60N8O14. The van der Waals surface area contributed by atoms with Crippen LogP contribution in [0.2, 0.25) is 0 Å². The molecule has 0 aliphatic carbocycles. The summed E-state index contributed by atoms with van der Waals surface area (Å²) in [6.07, 6.45) is 7.40. The highest BCUT2D eigenvalue weighted by molar-refractivity contribution is 5.76. The van der Waals surface area contributed by atoms with Gasteiger partial charge in [0.1, 0.15) is 11.5 Å². The van der Waals surface area contributed by atoms with Gasteiger partial charge in [0.05, 0.1) is 83.4 Å². The summed E-state index contributed by atoms with van der Waals surface area (Å²) in [4.78, 5) is 54.5. The normalized spacial score (nSPS) is 22.9. The van der Waals surface area contributed by atoms with E-state index in [9.17, 15) is 40.5 Å². The molecule has 0 N–H and O–H groups in total. The van der Waals surface area contributed by atoms with Crippen LogP contribution in [0.4, 0.5) is 34.1 Å². The summed E-state index contributed by atoms with van der Waals surface area (Å²) in [5, 5.41) is 48.1. The Morgan fingerprint density at radius 3 is 1.14 bits per heavy atom. The van der Waals surface area contributed by atoms with Gasteiger partial charge in [-0.2, -0.15) is 0 Å². The van der Waals surface area contributed by atoms with Crippen LogP contribution in [0, 0.1) is 40.5 Å². The zero-order valence-corrected chi connectivity index (χ0v) is 42.3. The Hall–Kier alpha value is -7.08. The first-order valence-corrected chi connectivity index (χ1v) is 24.5. The first-order chi connectivity index (χ1) is 35.3. The predicted octanol–water partition coefficient (Wildman–Crippen LogP) is 7.76. The maximum Gasteiger partial charge on any atom is 0.270 e. The summed E-state index contributed by atoms with van der Waals surface area (Å²) in [6.45, 7) is 12.5. The fourth-order valence-corrected chi connectivity index (χ4v) is 11.0. The molecule has 0 radical (unpaired) electrons. The topological polar surface area (TPSA) is 241 Å². The molecule has 22 heteroatoms. The molecule has 4 aromatic carbocycles. The van der Waals surface area contributed by atoms with Gasteiger partial charge in [-0.05, 0) is 75.3 Å². The largest absolute Gasteiger partial charge is 0.462 e. The molecule has 0 saturated carbocycles. The lowest BCUT2D eigenvalue weighted by atomic mass is 9.76. The maximum absolute atomic E-state index is 12.3. The molecule has 22 nitrogen and oxygen atoms in total. The summed E-state index contributed by atoms with van der Waals surface area (Å²) < 4.78 is 38.3. The average Bonchev–Trinajstić information content (AvgIpc) is 3.63. The molecule has 0 bridgehead atoms. The number of nitrogens with zero attached hydrogens (tertiary/aromatic N) is 8. The second-order valence-corrected chi connectivity index (χ2v) is 20.1. The van der Waals surface area contributed by atoms with Crippen molar-refractivity contribution in [1.29, 1.82) is 0 Å². The van der Waals surface area contributed by atoms with Gasteiger partial charge in [0, 0.05) is 136 Å². The fraction of sp³-hybridized carbons (Fsp3) is 0.462. The van der Waals surface area contributed by atoms with Crippen LogP contribution in [0.25, 0.3) is 12.2 Å². The number of hydrogen-bond acceptors (Lipinski definition) is 18. The molecule has 2 unspecified atom stereocenters. The van der Waals surface area contributed by atoms with Crippen molar-refractivity contribution in [3.8, 4) is 11.5 Å². The number of benzene rings is 4. The van der Waals surface area contributed by atoms with E-state index in [0.717, 1.165) is 22.5 Å². The zero-order chi connectivity index (χ0) is 52.7. The van der Waals surface area contributed by atoms with E-state index < -0.39 is 42.0 Å². The van der Waals surface area contributed by atoms with E-state index in [1.165, 1.54) is 36.4 Å². The van der Waals surface area contributed by atoms with Gasteiger partial charge in [0.2, 0.25) is 11.4 Å². The van der Waals surface area contributed by atoms with Crippen LogP contribution in [0.1, 0.15) is 61.1 Å². The molecule has 74 heavy (non-hydrogen) atoms. The molecular weight excluding hydrogens is 961 g/mol. The van der Waals surface area contributed by atoms with Gasteiger partial charge >= 0.3 is 0 Å². The minimum Gasteiger partial charge on any atom is -0.462 e. The molecule has 1 saturated heterocycles. The maximum atomic E-state index is 12.3. The third kappa shape index (κ3) is 9.30. The number of non-ortho nitro benzene ring substituents is 4. The Morgan fingerprint density at radius 1 is 0.473 bits per heavy atom. The van der Waals surface area contributed by atoms with Crippen molar-refractivity contribution in [2.45, 2.75) is 63.1 Å². The number of anilines is 2. The summed E-state index contributed by atoms with van der Waals surface area (Å²) >= 11 is 0. The molecule has 4 aromatic rings. The molecule has 0 aromatic heterocycles. The van der Waals surface area contributed by atoms with Crippen LogP contribution >= 0.6 is 0 Å². The van der Waals surface area contributed by atoms with Crippen LogP contribution in [0.5, 0.6) is 11.5 Å². The smallest absolute Gasteiger partial charge is 0.270 e. The van der Waals surface area contributed by atoms with Crippen molar-refractivity contribution >= 4 is 46.3 Å². The lowest BCUT2D eigenvalue weighted by Gasteiger charge is -2.46. The molecule has 2 atom stereocenters. The van der Waals surface area contributed by atoms with Gasteiger partial charge in [-0.25, -0.2) is 0 Å². The van der Waals surface area contributed by atoms with Gasteiger partial charge in [-0.3, -0.25) is 50.3 Å². The third-order valence-corrected chi connectivity index (χ3v) is 15.3. The first-order valence-electron chi connectivity index (χ1n) is 24.5. The molecule has 5 heterocycles. The van der Waals surface area contributed by atoms with Crippen molar-refractivity contribution in [2.24, 2.45) is 0 Å². The van der Waals surface area contributed by atoms with E-state index in [2.05, 4.69) is 9.80 Å². The molecule has 9 rings (SSSR count). The number of likely N-dealkylation sites (N-methyl/N-ethyl adjacent to an activating group) is 2. The van der Waals surface area contributed by atoms with Crippen molar-refractivity contribution in [2.75, 3.05) is 103 Å². The van der Waals surface area contributed by atoms with Gasteiger partial charge in [-0.1, -0.05) is 0 Å². The lowest BCUT2D eigenvalue weighted by Crippen LogP contribution is -2.58. The molecule has 1 fully saturated rings. The SMILES string of the molecule is CN1c2ccc([N+](=O)[O-])cc2C(C)(C)C12C=Cc1cc([N+](=O)[O-])cc(CN3CCOCCOCCN(Cc4cc([N+](=O)[O-])cc5c4OC4(C=C5)N(C)c5ccc([N+](=O)[O-])cc5C4(C)C)CCOCCOCC3)c1O2. The van der Waals surface area contributed by atoms with Crippen LogP contribution in [-0.2, 0) is 42.9 Å². The zero-order valence-electron chi connectivity index (χ0n) is 42.3. The highest BCUT2D eigenvalue weighted by atomic mass is 16.6. The first kappa shape index (κ1) is 51.8. The van der Waals surface area contributed by atoms with Crippen LogP contribution in [0.15, 0.2) is 72.8 Å². The van der Waals surface area contributed by atoms with Crippen LogP contribution in [0.3, 0.4) is 0 Å². The minimum absolute atomic E-state index is 0.0292.